The van der Waals surface area contributed by atoms with Crippen molar-refractivity contribution in [1.29, 1.82) is 0 Å². The van der Waals surface area contributed by atoms with Gasteiger partial charge in [-0.3, -0.25) is 4.79 Å². The molecule has 0 amide bonds. The van der Waals surface area contributed by atoms with Gasteiger partial charge in [0, 0.05) is 70.0 Å². The summed E-state index contributed by atoms with van der Waals surface area (Å²) in [6, 6.07) is 1.54. The number of rotatable bonds is 18. The first-order chi connectivity index (χ1) is 20.4. The van der Waals surface area contributed by atoms with E-state index in [1.165, 1.54) is 4.68 Å². The minimum Gasteiger partial charge on any atom is -0.466 e. The SMILES string of the molecule is CCC(=O)OCCCNc1nc(NC(C)COC)nc(NC(C)COC)c1N=Nc1nn(-c2ncccn2)cc1CN. The Balaban J connectivity index is 1.99. The van der Waals surface area contributed by atoms with Gasteiger partial charge >= 0.3 is 5.97 Å². The maximum Gasteiger partial charge on any atom is 0.305 e. The smallest absolute Gasteiger partial charge is 0.305 e. The Hall–Kier alpha value is -4.28. The summed E-state index contributed by atoms with van der Waals surface area (Å²) in [4.78, 5) is 29.3. The van der Waals surface area contributed by atoms with E-state index in [4.69, 9.17) is 19.9 Å². The maximum absolute atomic E-state index is 11.5. The molecule has 0 bridgehead atoms. The first-order valence-electron chi connectivity index (χ1n) is 13.7. The van der Waals surface area contributed by atoms with Crippen LogP contribution in [0.25, 0.3) is 5.95 Å². The molecule has 0 saturated carbocycles. The summed E-state index contributed by atoms with van der Waals surface area (Å²) < 4.78 is 17.3. The van der Waals surface area contributed by atoms with Crippen LogP contribution in [0.15, 0.2) is 34.9 Å². The molecule has 3 rings (SSSR count). The van der Waals surface area contributed by atoms with Crippen LogP contribution in [0.1, 0.15) is 39.2 Å². The van der Waals surface area contributed by atoms with Crippen molar-refractivity contribution in [2.24, 2.45) is 16.0 Å². The number of hydrogen-bond acceptors (Lipinski definition) is 15. The summed E-state index contributed by atoms with van der Waals surface area (Å²) in [6.07, 6.45) is 5.82. The number of hydrogen-bond donors (Lipinski definition) is 4. The van der Waals surface area contributed by atoms with Gasteiger partial charge in [-0.25, -0.2) is 14.6 Å². The van der Waals surface area contributed by atoms with Crippen LogP contribution in [0.3, 0.4) is 0 Å². The van der Waals surface area contributed by atoms with Crippen LogP contribution in [0, 0.1) is 0 Å². The fraction of sp³-hybridized carbons (Fsp3) is 0.538. The van der Waals surface area contributed by atoms with Gasteiger partial charge in [0.1, 0.15) is 0 Å². The average Bonchev–Trinajstić information content (AvgIpc) is 3.40. The summed E-state index contributed by atoms with van der Waals surface area (Å²) in [5.41, 5.74) is 6.97. The molecule has 0 aliphatic heterocycles. The number of nitrogens with zero attached hydrogens (tertiary/aromatic N) is 8. The number of esters is 1. The van der Waals surface area contributed by atoms with Gasteiger partial charge in [-0.15, -0.1) is 15.3 Å². The van der Waals surface area contributed by atoms with Gasteiger partial charge in [0.2, 0.25) is 11.8 Å². The number of methoxy groups -OCH3 is 2. The fourth-order valence-corrected chi connectivity index (χ4v) is 3.68. The monoisotopic (exact) mass is 584 g/mol. The topological polar surface area (TPSA) is 201 Å². The van der Waals surface area contributed by atoms with E-state index < -0.39 is 0 Å². The van der Waals surface area contributed by atoms with Crippen LogP contribution in [0.4, 0.5) is 29.1 Å². The highest BCUT2D eigenvalue weighted by Gasteiger charge is 2.19. The van der Waals surface area contributed by atoms with Crippen molar-refractivity contribution in [3.8, 4) is 5.95 Å². The van der Waals surface area contributed by atoms with Gasteiger partial charge < -0.3 is 35.9 Å². The van der Waals surface area contributed by atoms with E-state index in [-0.39, 0.29) is 31.2 Å². The molecule has 2 unspecified atom stereocenters. The third-order valence-electron chi connectivity index (χ3n) is 5.63. The van der Waals surface area contributed by atoms with Crippen molar-refractivity contribution in [1.82, 2.24) is 29.7 Å². The molecule has 5 N–H and O–H groups in total. The predicted octanol–water partition coefficient (Wildman–Crippen LogP) is 2.98. The molecule has 0 aliphatic rings. The Morgan fingerprint density at radius 3 is 2.40 bits per heavy atom. The molecule has 42 heavy (non-hydrogen) atoms. The van der Waals surface area contributed by atoms with E-state index >= 15 is 0 Å². The van der Waals surface area contributed by atoms with Gasteiger partial charge in [0.05, 0.1) is 19.8 Å². The van der Waals surface area contributed by atoms with Gasteiger partial charge in [-0.1, -0.05) is 6.92 Å². The summed E-state index contributed by atoms with van der Waals surface area (Å²) in [5, 5.41) is 23.3. The molecule has 16 heteroatoms. The Labute approximate surface area is 244 Å². The van der Waals surface area contributed by atoms with Crippen LogP contribution in [-0.2, 0) is 25.5 Å². The summed E-state index contributed by atoms with van der Waals surface area (Å²) in [7, 11) is 3.25. The molecule has 0 saturated heterocycles. The number of nitrogens with one attached hydrogen (secondary N) is 3. The van der Waals surface area contributed by atoms with Crippen molar-refractivity contribution < 1.29 is 19.0 Å². The normalized spacial score (nSPS) is 12.7. The minimum atomic E-state index is -0.250. The lowest BCUT2D eigenvalue weighted by molar-refractivity contribution is -0.143. The zero-order valence-corrected chi connectivity index (χ0v) is 24.7. The molecule has 3 heterocycles. The van der Waals surface area contributed by atoms with Crippen molar-refractivity contribution >= 4 is 35.1 Å². The molecule has 16 nitrogen and oxygen atoms in total. The molecular formula is C26H40N12O4. The fourth-order valence-electron chi connectivity index (χ4n) is 3.68. The second-order valence-electron chi connectivity index (χ2n) is 9.32. The highest BCUT2D eigenvalue weighted by atomic mass is 16.5. The van der Waals surface area contributed by atoms with E-state index in [1.807, 2.05) is 13.8 Å². The van der Waals surface area contributed by atoms with Crippen molar-refractivity contribution in [2.45, 2.75) is 52.2 Å². The lowest BCUT2D eigenvalue weighted by Crippen LogP contribution is -2.25. The maximum atomic E-state index is 11.5. The Morgan fingerprint density at radius 2 is 1.74 bits per heavy atom. The molecule has 3 aromatic rings. The Morgan fingerprint density at radius 1 is 1.05 bits per heavy atom. The van der Waals surface area contributed by atoms with E-state index in [9.17, 15) is 4.79 Å². The molecule has 0 spiro atoms. The molecule has 228 valence electrons. The lowest BCUT2D eigenvalue weighted by Gasteiger charge is -2.19. The Kier molecular flexibility index (Phi) is 12.9. The molecule has 2 atom stereocenters. The zero-order valence-electron chi connectivity index (χ0n) is 24.7. The average molecular weight is 585 g/mol. The van der Waals surface area contributed by atoms with E-state index in [2.05, 4.69) is 51.2 Å². The van der Waals surface area contributed by atoms with Crippen LogP contribution in [0.5, 0.6) is 0 Å². The molecule has 0 aliphatic carbocycles. The number of aromatic nitrogens is 6. The number of nitrogens with two attached hydrogens (primary N) is 1. The van der Waals surface area contributed by atoms with Crippen LogP contribution in [-0.4, -0.2) is 88.4 Å². The molecule has 0 aromatic carbocycles. The zero-order chi connectivity index (χ0) is 30.3. The van der Waals surface area contributed by atoms with E-state index in [0.29, 0.717) is 73.2 Å². The van der Waals surface area contributed by atoms with Gasteiger partial charge in [0.15, 0.2) is 17.3 Å². The van der Waals surface area contributed by atoms with Crippen LogP contribution in [0.2, 0.25) is 0 Å². The van der Waals surface area contributed by atoms with Crippen molar-refractivity contribution in [3.05, 3.63) is 30.2 Å². The molecule has 0 radical (unpaired) electrons. The summed E-state index contributed by atoms with van der Waals surface area (Å²) in [6.45, 7) is 7.44. The van der Waals surface area contributed by atoms with E-state index in [1.54, 1.807) is 45.8 Å². The van der Waals surface area contributed by atoms with Crippen molar-refractivity contribution in [2.75, 3.05) is 56.5 Å². The van der Waals surface area contributed by atoms with Crippen LogP contribution < -0.4 is 21.7 Å². The third-order valence-corrected chi connectivity index (χ3v) is 5.63. The largest absolute Gasteiger partial charge is 0.466 e. The number of anilines is 3. The summed E-state index contributed by atoms with van der Waals surface area (Å²) in [5.74, 6) is 1.62. The Bertz CT molecular complexity index is 1290. The van der Waals surface area contributed by atoms with Gasteiger partial charge in [0.25, 0.3) is 5.95 Å². The highest BCUT2D eigenvalue weighted by Crippen LogP contribution is 2.34. The quantitative estimate of drug-likeness (QED) is 0.0966. The molecular weight excluding hydrogens is 544 g/mol. The standard InChI is InChI=1S/C26H40N12O4/c1-6-20(39)42-12-8-11-28-23-21(24(31-17(2)15-40-4)34-25(33-23)32-18(3)16-41-5)35-36-22-19(13-27)14-38(37-22)26-29-9-7-10-30-26/h7,9-10,14,17-18H,6,8,11-13,15-16,27H2,1-5H3,(H3,28,31,32,33,34). The number of ether oxygens (including phenoxy) is 3. The number of carbonyl (C=O) groups is 1. The lowest BCUT2D eigenvalue weighted by atomic mass is 10.3. The molecule has 3 aromatic heterocycles. The second kappa shape index (κ2) is 16.9. The minimum absolute atomic E-state index is 0.0655. The van der Waals surface area contributed by atoms with Gasteiger partial charge in [-0.2, -0.15) is 9.97 Å². The first-order valence-corrected chi connectivity index (χ1v) is 13.7. The summed E-state index contributed by atoms with van der Waals surface area (Å²) >= 11 is 0. The van der Waals surface area contributed by atoms with Crippen LogP contribution >= 0.6 is 0 Å². The van der Waals surface area contributed by atoms with E-state index in [0.717, 1.165) is 0 Å². The first kappa shape index (κ1) is 32.2. The van der Waals surface area contributed by atoms with Gasteiger partial charge in [-0.05, 0) is 26.3 Å². The predicted molar refractivity (Wildman–Crippen MR) is 158 cm³/mol. The highest BCUT2D eigenvalue weighted by molar-refractivity contribution is 5.75. The number of carbonyl (C=O) groups excluding carboxylic acids is 1. The van der Waals surface area contributed by atoms with Crippen molar-refractivity contribution in [3.63, 3.8) is 0 Å². The third kappa shape index (κ3) is 9.67. The number of azo groups is 1. The molecule has 0 fully saturated rings. The second-order valence-corrected chi connectivity index (χ2v) is 9.32.